The standard InChI is InChI=1S/C15H18N4O2/c1-16-14-10-9-13(19(20)21)15(18-14)17-11-5-8-12-6-3-2-4-7-12/h2-4,6-7,9-10H,5,8,11H2,1H3,(H2,16,17,18). The van der Waals surface area contributed by atoms with Crippen LogP contribution >= 0.6 is 0 Å². The van der Waals surface area contributed by atoms with Crippen molar-refractivity contribution in [1.82, 2.24) is 4.98 Å². The van der Waals surface area contributed by atoms with Crippen molar-refractivity contribution >= 4 is 17.3 Å². The number of pyridine rings is 1. The molecule has 2 rings (SSSR count). The Morgan fingerprint density at radius 1 is 1.19 bits per heavy atom. The van der Waals surface area contributed by atoms with E-state index < -0.39 is 4.92 Å². The third-order valence-corrected chi connectivity index (χ3v) is 3.10. The maximum Gasteiger partial charge on any atom is 0.311 e. The van der Waals surface area contributed by atoms with Crippen molar-refractivity contribution in [1.29, 1.82) is 0 Å². The second kappa shape index (κ2) is 7.23. The average molecular weight is 286 g/mol. The van der Waals surface area contributed by atoms with E-state index in [1.54, 1.807) is 13.1 Å². The van der Waals surface area contributed by atoms with Crippen LogP contribution in [-0.2, 0) is 6.42 Å². The Balaban J connectivity index is 1.94. The largest absolute Gasteiger partial charge is 0.373 e. The zero-order valence-electron chi connectivity index (χ0n) is 11.9. The number of nitrogens with one attached hydrogen (secondary N) is 2. The van der Waals surface area contributed by atoms with Crippen molar-refractivity contribution in [2.75, 3.05) is 24.2 Å². The van der Waals surface area contributed by atoms with Gasteiger partial charge < -0.3 is 10.6 Å². The molecule has 0 atom stereocenters. The Kier molecular flexibility index (Phi) is 5.09. The number of aryl methyl sites for hydroxylation is 1. The summed E-state index contributed by atoms with van der Waals surface area (Å²) in [4.78, 5) is 14.7. The molecule has 0 aliphatic carbocycles. The van der Waals surface area contributed by atoms with E-state index in [1.807, 2.05) is 18.2 Å². The van der Waals surface area contributed by atoms with Crippen LogP contribution in [0.3, 0.4) is 0 Å². The zero-order chi connectivity index (χ0) is 15.1. The number of aromatic nitrogens is 1. The third-order valence-electron chi connectivity index (χ3n) is 3.10. The van der Waals surface area contributed by atoms with Crippen molar-refractivity contribution in [2.24, 2.45) is 0 Å². The van der Waals surface area contributed by atoms with Crippen LogP contribution in [0.25, 0.3) is 0 Å². The van der Waals surface area contributed by atoms with E-state index in [-0.39, 0.29) is 5.69 Å². The predicted molar refractivity (Wildman–Crippen MR) is 83.7 cm³/mol. The van der Waals surface area contributed by atoms with Crippen LogP contribution in [0, 0.1) is 10.1 Å². The Morgan fingerprint density at radius 3 is 2.62 bits per heavy atom. The highest BCUT2D eigenvalue weighted by atomic mass is 16.6. The van der Waals surface area contributed by atoms with Gasteiger partial charge in [-0.25, -0.2) is 4.98 Å². The first-order valence-electron chi connectivity index (χ1n) is 6.81. The second-order valence-corrected chi connectivity index (χ2v) is 4.59. The van der Waals surface area contributed by atoms with Gasteiger partial charge in [-0.3, -0.25) is 10.1 Å². The fraction of sp³-hybridized carbons (Fsp3) is 0.267. The van der Waals surface area contributed by atoms with Crippen molar-refractivity contribution in [3.05, 3.63) is 58.1 Å². The van der Waals surface area contributed by atoms with E-state index in [0.717, 1.165) is 12.8 Å². The molecule has 0 spiro atoms. The van der Waals surface area contributed by atoms with Gasteiger partial charge in [0.2, 0.25) is 5.82 Å². The highest BCUT2D eigenvalue weighted by Crippen LogP contribution is 2.23. The Labute approximate surface area is 123 Å². The third kappa shape index (κ3) is 4.17. The number of hydrogen-bond donors (Lipinski definition) is 2. The molecule has 0 radical (unpaired) electrons. The normalized spacial score (nSPS) is 10.1. The summed E-state index contributed by atoms with van der Waals surface area (Å²) in [7, 11) is 1.73. The molecule has 0 saturated heterocycles. The maximum absolute atomic E-state index is 11.0. The lowest BCUT2D eigenvalue weighted by Gasteiger charge is -2.08. The minimum absolute atomic E-state index is 0.00582. The second-order valence-electron chi connectivity index (χ2n) is 4.59. The van der Waals surface area contributed by atoms with Crippen molar-refractivity contribution in [2.45, 2.75) is 12.8 Å². The summed E-state index contributed by atoms with van der Waals surface area (Å²) in [5, 5.41) is 16.9. The van der Waals surface area contributed by atoms with E-state index in [4.69, 9.17) is 0 Å². The first-order valence-corrected chi connectivity index (χ1v) is 6.81. The van der Waals surface area contributed by atoms with E-state index in [9.17, 15) is 10.1 Å². The molecule has 0 saturated carbocycles. The van der Waals surface area contributed by atoms with Crippen LogP contribution in [0.1, 0.15) is 12.0 Å². The highest BCUT2D eigenvalue weighted by molar-refractivity contribution is 5.60. The monoisotopic (exact) mass is 286 g/mol. The lowest BCUT2D eigenvalue weighted by atomic mass is 10.1. The number of nitro groups is 1. The predicted octanol–water partition coefficient (Wildman–Crippen LogP) is 3.08. The first kappa shape index (κ1) is 14.8. The molecule has 0 aliphatic rings. The topological polar surface area (TPSA) is 80.1 Å². The van der Waals surface area contributed by atoms with Gasteiger partial charge in [0.25, 0.3) is 0 Å². The highest BCUT2D eigenvalue weighted by Gasteiger charge is 2.15. The lowest BCUT2D eigenvalue weighted by molar-refractivity contribution is -0.384. The van der Waals surface area contributed by atoms with Gasteiger partial charge in [-0.05, 0) is 24.5 Å². The lowest BCUT2D eigenvalue weighted by Crippen LogP contribution is -2.08. The molecule has 110 valence electrons. The molecule has 0 bridgehead atoms. The molecular formula is C15H18N4O2. The number of hydrogen-bond acceptors (Lipinski definition) is 5. The Hall–Kier alpha value is -2.63. The van der Waals surface area contributed by atoms with Crippen LogP contribution in [0.5, 0.6) is 0 Å². The van der Waals surface area contributed by atoms with Gasteiger partial charge in [0.1, 0.15) is 5.82 Å². The van der Waals surface area contributed by atoms with Gasteiger partial charge in [-0.15, -0.1) is 0 Å². The molecule has 6 heteroatoms. The van der Waals surface area contributed by atoms with Crippen LogP contribution < -0.4 is 10.6 Å². The van der Waals surface area contributed by atoms with E-state index >= 15 is 0 Å². The maximum atomic E-state index is 11.0. The SMILES string of the molecule is CNc1ccc([N+](=O)[O-])c(NCCCc2ccccc2)n1. The smallest absolute Gasteiger partial charge is 0.311 e. The van der Waals surface area contributed by atoms with E-state index in [2.05, 4.69) is 27.8 Å². The molecule has 0 aliphatic heterocycles. The average Bonchev–Trinajstić information content (AvgIpc) is 2.52. The molecule has 1 aromatic heterocycles. The fourth-order valence-electron chi connectivity index (χ4n) is 2.01. The first-order chi connectivity index (χ1) is 10.2. The molecular weight excluding hydrogens is 268 g/mol. The summed E-state index contributed by atoms with van der Waals surface area (Å²) < 4.78 is 0. The summed E-state index contributed by atoms with van der Waals surface area (Å²) in [5.74, 6) is 0.908. The van der Waals surface area contributed by atoms with Gasteiger partial charge >= 0.3 is 5.69 Å². The molecule has 1 heterocycles. The van der Waals surface area contributed by atoms with Crippen LogP contribution in [0.15, 0.2) is 42.5 Å². The summed E-state index contributed by atoms with van der Waals surface area (Å²) in [5.41, 5.74) is 1.25. The van der Waals surface area contributed by atoms with Gasteiger partial charge in [-0.1, -0.05) is 30.3 Å². The molecule has 0 fully saturated rings. The van der Waals surface area contributed by atoms with Gasteiger partial charge in [0, 0.05) is 19.7 Å². The van der Waals surface area contributed by atoms with E-state index in [0.29, 0.717) is 18.2 Å². The Morgan fingerprint density at radius 2 is 1.95 bits per heavy atom. The minimum Gasteiger partial charge on any atom is -0.373 e. The minimum atomic E-state index is -0.425. The summed E-state index contributed by atoms with van der Waals surface area (Å²) in [6.45, 7) is 0.635. The molecule has 0 unspecified atom stereocenters. The molecule has 21 heavy (non-hydrogen) atoms. The molecule has 2 N–H and O–H groups in total. The van der Waals surface area contributed by atoms with Crippen molar-refractivity contribution in [3.8, 4) is 0 Å². The summed E-state index contributed by atoms with van der Waals surface area (Å²) >= 11 is 0. The van der Waals surface area contributed by atoms with Crippen molar-refractivity contribution < 1.29 is 4.92 Å². The summed E-state index contributed by atoms with van der Waals surface area (Å²) in [6.07, 6.45) is 1.81. The van der Waals surface area contributed by atoms with E-state index in [1.165, 1.54) is 11.6 Å². The van der Waals surface area contributed by atoms with Gasteiger partial charge in [0.05, 0.1) is 4.92 Å². The van der Waals surface area contributed by atoms with Crippen LogP contribution in [-0.4, -0.2) is 23.5 Å². The fourth-order valence-corrected chi connectivity index (χ4v) is 2.01. The van der Waals surface area contributed by atoms with Gasteiger partial charge in [0.15, 0.2) is 0 Å². The molecule has 1 aromatic carbocycles. The van der Waals surface area contributed by atoms with Crippen LogP contribution in [0.2, 0.25) is 0 Å². The number of anilines is 2. The van der Waals surface area contributed by atoms with Crippen LogP contribution in [0.4, 0.5) is 17.3 Å². The molecule has 0 amide bonds. The van der Waals surface area contributed by atoms with Gasteiger partial charge in [-0.2, -0.15) is 0 Å². The number of nitrogens with zero attached hydrogens (tertiary/aromatic N) is 2. The quantitative estimate of drug-likeness (QED) is 0.464. The molecule has 6 nitrogen and oxygen atoms in total. The number of rotatable bonds is 7. The summed E-state index contributed by atoms with van der Waals surface area (Å²) in [6, 6.07) is 13.2. The van der Waals surface area contributed by atoms with Crippen molar-refractivity contribution in [3.63, 3.8) is 0 Å². The number of benzene rings is 1. The molecule has 2 aromatic rings. The Bertz CT molecular complexity index is 602. The zero-order valence-corrected chi connectivity index (χ0v) is 11.9.